The Bertz CT molecular complexity index is 1130. The number of nitrogens with zero attached hydrogens (tertiary/aromatic N) is 1. The van der Waals surface area contributed by atoms with Crippen LogP contribution in [0.1, 0.15) is 62.4 Å². The molecule has 2 heterocycles. The Morgan fingerprint density at radius 1 is 1.15 bits per heavy atom. The third kappa shape index (κ3) is 4.47. The average Bonchev–Trinajstić information content (AvgIpc) is 3.29. The van der Waals surface area contributed by atoms with Crippen LogP contribution in [0.4, 0.5) is 0 Å². The van der Waals surface area contributed by atoms with Crippen molar-refractivity contribution in [3.63, 3.8) is 0 Å². The van der Waals surface area contributed by atoms with Gasteiger partial charge in [-0.2, -0.15) is 0 Å². The third-order valence-electron chi connectivity index (χ3n) is 6.55. The van der Waals surface area contributed by atoms with E-state index in [-0.39, 0.29) is 22.9 Å². The van der Waals surface area contributed by atoms with Gasteiger partial charge in [0.2, 0.25) is 0 Å². The minimum absolute atomic E-state index is 0.0254. The van der Waals surface area contributed by atoms with Crippen LogP contribution in [0.3, 0.4) is 0 Å². The van der Waals surface area contributed by atoms with Gasteiger partial charge in [-0.15, -0.1) is 0 Å². The predicted molar refractivity (Wildman–Crippen MR) is 131 cm³/mol. The van der Waals surface area contributed by atoms with E-state index in [4.69, 9.17) is 9.47 Å². The smallest absolute Gasteiger partial charge is 0.295 e. The summed E-state index contributed by atoms with van der Waals surface area (Å²) in [6.07, 6.45) is 1.40. The number of aliphatic hydroxyl groups excluding tert-OH is 1. The second-order valence-corrected chi connectivity index (χ2v) is 10.2. The molecular weight excluding hydrogens is 430 g/mol. The molecular formula is C28H33NO5. The Balaban J connectivity index is 1.79. The van der Waals surface area contributed by atoms with Gasteiger partial charge in [0.1, 0.15) is 17.6 Å². The number of aliphatic hydroxyl groups is 1. The second kappa shape index (κ2) is 9.26. The normalized spacial score (nSPS) is 21.6. The van der Waals surface area contributed by atoms with Crippen molar-refractivity contribution in [2.75, 3.05) is 20.3 Å². The van der Waals surface area contributed by atoms with Crippen LogP contribution < -0.4 is 4.74 Å². The topological polar surface area (TPSA) is 76.1 Å². The van der Waals surface area contributed by atoms with Crippen molar-refractivity contribution in [3.05, 3.63) is 70.3 Å². The number of rotatable bonds is 6. The van der Waals surface area contributed by atoms with Gasteiger partial charge in [0.15, 0.2) is 0 Å². The Labute approximate surface area is 201 Å². The fourth-order valence-electron chi connectivity index (χ4n) is 4.73. The lowest BCUT2D eigenvalue weighted by molar-refractivity contribution is -0.140. The molecule has 0 saturated carbocycles. The van der Waals surface area contributed by atoms with Gasteiger partial charge in [0.25, 0.3) is 11.7 Å². The molecule has 180 valence electrons. The lowest BCUT2D eigenvalue weighted by Crippen LogP contribution is -2.31. The first-order chi connectivity index (χ1) is 16.1. The van der Waals surface area contributed by atoms with E-state index < -0.39 is 17.7 Å². The largest absolute Gasteiger partial charge is 0.507 e. The minimum atomic E-state index is -0.662. The molecule has 34 heavy (non-hydrogen) atoms. The van der Waals surface area contributed by atoms with Gasteiger partial charge in [-0.1, -0.05) is 45.0 Å². The van der Waals surface area contributed by atoms with Crippen molar-refractivity contribution in [2.45, 2.75) is 58.1 Å². The summed E-state index contributed by atoms with van der Waals surface area (Å²) in [5, 5.41) is 11.3. The quantitative estimate of drug-likeness (QED) is 0.289. The molecule has 2 aromatic carbocycles. The Kier molecular flexibility index (Phi) is 6.54. The van der Waals surface area contributed by atoms with E-state index in [0.717, 1.165) is 28.9 Å². The molecule has 0 bridgehead atoms. The number of ketones is 1. The van der Waals surface area contributed by atoms with Crippen molar-refractivity contribution < 1.29 is 24.2 Å². The highest BCUT2D eigenvalue weighted by molar-refractivity contribution is 6.46. The molecule has 4 rings (SSSR count). The van der Waals surface area contributed by atoms with Crippen molar-refractivity contribution >= 4 is 17.4 Å². The van der Waals surface area contributed by atoms with Crippen LogP contribution in [0.15, 0.2) is 48.0 Å². The van der Waals surface area contributed by atoms with E-state index in [1.54, 1.807) is 18.1 Å². The summed E-state index contributed by atoms with van der Waals surface area (Å²) in [7, 11) is 1.61. The number of hydrogen-bond acceptors (Lipinski definition) is 5. The van der Waals surface area contributed by atoms with Gasteiger partial charge in [0, 0.05) is 32.2 Å². The number of Topliss-reactive ketones (excluding diaryl/α,β-unsaturated/α-hetero) is 1. The average molecular weight is 464 g/mol. The van der Waals surface area contributed by atoms with Crippen LogP contribution in [0.5, 0.6) is 5.75 Å². The minimum Gasteiger partial charge on any atom is -0.507 e. The number of fused-ring (bicyclic) bond motifs is 1. The first-order valence-electron chi connectivity index (χ1n) is 11.8. The lowest BCUT2D eigenvalue weighted by Gasteiger charge is -2.26. The van der Waals surface area contributed by atoms with Gasteiger partial charge in [-0.3, -0.25) is 9.59 Å². The van der Waals surface area contributed by atoms with Crippen LogP contribution in [0.25, 0.3) is 5.76 Å². The molecule has 0 unspecified atom stereocenters. The molecule has 0 radical (unpaired) electrons. The van der Waals surface area contributed by atoms with E-state index in [9.17, 15) is 14.7 Å². The Morgan fingerprint density at radius 2 is 1.85 bits per heavy atom. The van der Waals surface area contributed by atoms with Gasteiger partial charge in [-0.05, 0) is 53.6 Å². The summed E-state index contributed by atoms with van der Waals surface area (Å²) >= 11 is 0. The van der Waals surface area contributed by atoms with Crippen LogP contribution in [0.2, 0.25) is 0 Å². The zero-order valence-corrected chi connectivity index (χ0v) is 20.6. The summed E-state index contributed by atoms with van der Waals surface area (Å²) in [6.45, 7) is 9.23. The summed E-state index contributed by atoms with van der Waals surface area (Å²) in [6, 6.07) is 12.7. The summed E-state index contributed by atoms with van der Waals surface area (Å²) in [5.74, 6) is -0.621. The lowest BCUT2D eigenvalue weighted by atomic mass is 9.85. The maximum atomic E-state index is 13.2. The zero-order chi connectivity index (χ0) is 24.6. The van der Waals surface area contributed by atoms with Crippen LogP contribution >= 0.6 is 0 Å². The zero-order valence-electron chi connectivity index (χ0n) is 20.6. The molecule has 0 spiro atoms. The molecule has 1 amide bonds. The fourth-order valence-corrected chi connectivity index (χ4v) is 4.73. The molecule has 2 aliphatic heterocycles. The Hall–Kier alpha value is -3.12. The van der Waals surface area contributed by atoms with E-state index in [2.05, 4.69) is 20.8 Å². The maximum absolute atomic E-state index is 13.2. The van der Waals surface area contributed by atoms with Crippen molar-refractivity contribution in [1.29, 1.82) is 0 Å². The van der Waals surface area contributed by atoms with Crippen molar-refractivity contribution in [3.8, 4) is 5.75 Å². The number of benzene rings is 2. The highest BCUT2D eigenvalue weighted by Crippen LogP contribution is 2.41. The number of carbonyl (C=O) groups excluding carboxylic acids is 2. The number of carbonyl (C=O) groups is 2. The SMILES string of the molecule is COCCCN1C(=O)C(=O)C(=C(O)c2ccc3c(c2)C[C@@H](C)O3)[C@H]1c1ccc(C(C)(C)C)cc1. The highest BCUT2D eigenvalue weighted by atomic mass is 16.5. The number of ether oxygens (including phenoxy) is 2. The molecule has 2 aliphatic rings. The number of amides is 1. The molecule has 1 fully saturated rings. The molecule has 0 aliphatic carbocycles. The molecule has 0 aromatic heterocycles. The van der Waals surface area contributed by atoms with Crippen LogP contribution in [-0.2, 0) is 26.2 Å². The standard InChI is InChI=1S/C28H33NO5/c1-17-15-20-16-19(9-12-22(20)34-17)25(30)23-24(18-7-10-21(11-8-18)28(2,3)4)29(13-6-14-33-5)27(32)26(23)31/h7-12,16-17,24,30H,6,13-15H2,1-5H3/t17-,24-/m1/s1. The van der Waals surface area contributed by atoms with Crippen molar-refractivity contribution in [1.82, 2.24) is 4.90 Å². The second-order valence-electron chi connectivity index (χ2n) is 10.2. The Morgan fingerprint density at radius 3 is 2.50 bits per heavy atom. The van der Waals surface area contributed by atoms with Crippen molar-refractivity contribution in [2.24, 2.45) is 0 Å². The molecule has 1 N–H and O–H groups in total. The van der Waals surface area contributed by atoms with Gasteiger partial charge < -0.3 is 19.5 Å². The summed E-state index contributed by atoms with van der Waals surface area (Å²) < 4.78 is 10.9. The fraction of sp³-hybridized carbons (Fsp3) is 0.429. The first kappa shape index (κ1) is 24.0. The number of likely N-dealkylation sites (tertiary alicyclic amines) is 1. The number of hydrogen-bond donors (Lipinski definition) is 1. The molecule has 6 heteroatoms. The van der Waals surface area contributed by atoms with E-state index in [1.165, 1.54) is 0 Å². The third-order valence-corrected chi connectivity index (χ3v) is 6.55. The van der Waals surface area contributed by atoms with E-state index in [1.807, 2.05) is 43.3 Å². The van der Waals surface area contributed by atoms with Crippen LogP contribution in [0, 0.1) is 0 Å². The predicted octanol–water partition coefficient (Wildman–Crippen LogP) is 4.77. The van der Waals surface area contributed by atoms with Gasteiger partial charge >= 0.3 is 0 Å². The molecule has 1 saturated heterocycles. The summed E-state index contributed by atoms with van der Waals surface area (Å²) in [4.78, 5) is 27.8. The molecule has 2 aromatic rings. The number of methoxy groups -OCH3 is 1. The highest BCUT2D eigenvalue weighted by Gasteiger charge is 2.46. The summed E-state index contributed by atoms with van der Waals surface area (Å²) in [5.41, 5.74) is 3.55. The monoisotopic (exact) mass is 463 g/mol. The van der Waals surface area contributed by atoms with E-state index in [0.29, 0.717) is 25.1 Å². The maximum Gasteiger partial charge on any atom is 0.295 e. The first-order valence-corrected chi connectivity index (χ1v) is 11.8. The molecule has 6 nitrogen and oxygen atoms in total. The van der Waals surface area contributed by atoms with E-state index >= 15 is 0 Å². The van der Waals surface area contributed by atoms with Gasteiger partial charge in [-0.25, -0.2) is 0 Å². The molecule has 2 atom stereocenters. The van der Waals surface area contributed by atoms with Crippen LogP contribution in [-0.4, -0.2) is 48.1 Å². The van der Waals surface area contributed by atoms with Gasteiger partial charge in [0.05, 0.1) is 11.6 Å².